The zero-order valence-electron chi connectivity index (χ0n) is 10.1. The van der Waals surface area contributed by atoms with Gasteiger partial charge in [0.15, 0.2) is 9.84 Å². The zero-order chi connectivity index (χ0) is 14.9. The van der Waals surface area contributed by atoms with Gasteiger partial charge in [-0.25, -0.2) is 12.8 Å². The molecule has 3 nitrogen and oxygen atoms in total. The van der Waals surface area contributed by atoms with Crippen LogP contribution >= 0.6 is 27.5 Å². The van der Waals surface area contributed by atoms with Crippen molar-refractivity contribution in [2.24, 2.45) is 0 Å². The Kier molecular flexibility index (Phi) is 4.36. The predicted molar refractivity (Wildman–Crippen MR) is 80.9 cm³/mol. The van der Waals surface area contributed by atoms with Gasteiger partial charge in [0.1, 0.15) is 5.82 Å². The van der Waals surface area contributed by atoms with E-state index >= 15 is 0 Å². The summed E-state index contributed by atoms with van der Waals surface area (Å²) in [7, 11) is -3.70. The second kappa shape index (κ2) is 5.71. The first-order chi connectivity index (χ1) is 9.28. The van der Waals surface area contributed by atoms with Gasteiger partial charge in [-0.15, -0.1) is 0 Å². The van der Waals surface area contributed by atoms with E-state index in [1.807, 2.05) is 0 Å². The standard InChI is InChI=1S/C13H10BrClFNO2S/c14-9-3-8(4-11(16)5-9)7-20(18,19)13-6-10(15)1-2-12(13)17/h1-6H,7,17H2. The van der Waals surface area contributed by atoms with E-state index in [9.17, 15) is 12.8 Å². The van der Waals surface area contributed by atoms with Crippen molar-refractivity contribution in [1.82, 2.24) is 0 Å². The lowest BCUT2D eigenvalue weighted by molar-refractivity contribution is 0.595. The van der Waals surface area contributed by atoms with E-state index in [2.05, 4.69) is 15.9 Å². The Labute approximate surface area is 129 Å². The van der Waals surface area contributed by atoms with Crippen LogP contribution < -0.4 is 5.73 Å². The van der Waals surface area contributed by atoms with E-state index < -0.39 is 15.7 Å². The third-order valence-corrected chi connectivity index (χ3v) is 5.02. The molecule has 2 aromatic carbocycles. The molecule has 7 heteroatoms. The number of halogens is 3. The van der Waals surface area contributed by atoms with Crippen LogP contribution in [-0.2, 0) is 15.6 Å². The molecule has 0 aromatic heterocycles. The number of nitrogen functional groups attached to an aromatic ring is 1. The van der Waals surface area contributed by atoms with Gasteiger partial charge < -0.3 is 5.73 Å². The number of hydrogen-bond acceptors (Lipinski definition) is 3. The Balaban J connectivity index is 2.43. The van der Waals surface area contributed by atoms with Crippen molar-refractivity contribution < 1.29 is 12.8 Å². The molecule has 0 aliphatic rings. The Morgan fingerprint density at radius 1 is 1.20 bits per heavy atom. The third-order valence-electron chi connectivity index (χ3n) is 2.59. The molecule has 0 saturated heterocycles. The van der Waals surface area contributed by atoms with Crippen molar-refractivity contribution >= 4 is 43.1 Å². The SMILES string of the molecule is Nc1ccc(Cl)cc1S(=O)(=O)Cc1cc(F)cc(Br)c1. The van der Waals surface area contributed by atoms with E-state index in [0.29, 0.717) is 10.0 Å². The van der Waals surface area contributed by atoms with Gasteiger partial charge in [0.25, 0.3) is 0 Å². The molecule has 0 fully saturated rings. The Morgan fingerprint density at radius 2 is 1.90 bits per heavy atom. The van der Waals surface area contributed by atoms with Crippen molar-refractivity contribution in [2.45, 2.75) is 10.6 Å². The molecule has 0 atom stereocenters. The highest BCUT2D eigenvalue weighted by Crippen LogP contribution is 2.27. The maximum absolute atomic E-state index is 13.3. The van der Waals surface area contributed by atoms with Crippen LogP contribution in [0.1, 0.15) is 5.56 Å². The number of hydrogen-bond donors (Lipinski definition) is 1. The van der Waals surface area contributed by atoms with Crippen molar-refractivity contribution in [3.63, 3.8) is 0 Å². The minimum absolute atomic E-state index is 0.0506. The predicted octanol–water partition coefficient (Wildman–Crippen LogP) is 3.80. The lowest BCUT2D eigenvalue weighted by atomic mass is 10.2. The largest absolute Gasteiger partial charge is 0.398 e. The minimum Gasteiger partial charge on any atom is -0.398 e. The maximum atomic E-state index is 13.3. The van der Waals surface area contributed by atoms with Crippen LogP contribution in [0.15, 0.2) is 45.8 Å². The van der Waals surface area contributed by atoms with E-state index in [1.165, 1.54) is 30.3 Å². The van der Waals surface area contributed by atoms with E-state index in [0.717, 1.165) is 0 Å². The number of benzene rings is 2. The molecule has 106 valence electrons. The molecule has 0 radical (unpaired) electrons. The quantitative estimate of drug-likeness (QED) is 0.827. The Bertz CT molecular complexity index is 745. The molecule has 2 rings (SSSR count). The summed E-state index contributed by atoms with van der Waals surface area (Å²) in [6.07, 6.45) is 0. The Hall–Kier alpha value is -1.11. The molecule has 0 spiro atoms. The summed E-state index contributed by atoms with van der Waals surface area (Å²) in [6.45, 7) is 0. The topological polar surface area (TPSA) is 60.2 Å². The Morgan fingerprint density at radius 3 is 2.55 bits per heavy atom. The summed E-state index contributed by atoms with van der Waals surface area (Å²) in [5, 5.41) is 0.276. The van der Waals surface area contributed by atoms with Gasteiger partial charge in [0, 0.05) is 9.50 Å². The number of rotatable bonds is 3. The molecule has 20 heavy (non-hydrogen) atoms. The third kappa shape index (κ3) is 3.50. The van der Waals surface area contributed by atoms with Crippen molar-refractivity contribution in [2.75, 3.05) is 5.73 Å². The van der Waals surface area contributed by atoms with Crippen LogP contribution in [0.5, 0.6) is 0 Å². The van der Waals surface area contributed by atoms with Gasteiger partial charge in [-0.2, -0.15) is 0 Å². The number of sulfone groups is 1. The molecule has 0 bridgehead atoms. The first kappa shape index (κ1) is 15.3. The molecule has 0 saturated carbocycles. The van der Waals surface area contributed by atoms with Crippen LogP contribution in [0.2, 0.25) is 5.02 Å². The first-order valence-corrected chi connectivity index (χ1v) is 8.33. The number of nitrogens with two attached hydrogens (primary N) is 1. The van der Waals surface area contributed by atoms with Crippen LogP contribution in [0.25, 0.3) is 0 Å². The van der Waals surface area contributed by atoms with E-state index in [1.54, 1.807) is 6.07 Å². The summed E-state index contributed by atoms with van der Waals surface area (Å²) in [4.78, 5) is -0.0506. The molecule has 0 unspecified atom stereocenters. The summed E-state index contributed by atoms with van der Waals surface area (Å²) < 4.78 is 38.4. The maximum Gasteiger partial charge on any atom is 0.184 e. The second-order valence-corrected chi connectivity index (χ2v) is 7.53. The fourth-order valence-corrected chi connectivity index (χ4v) is 4.01. The molecule has 0 aliphatic carbocycles. The average molecular weight is 379 g/mol. The molecule has 0 amide bonds. The highest BCUT2D eigenvalue weighted by molar-refractivity contribution is 9.10. The fourth-order valence-electron chi connectivity index (χ4n) is 1.77. The summed E-state index contributed by atoms with van der Waals surface area (Å²) in [5.41, 5.74) is 6.11. The smallest absolute Gasteiger partial charge is 0.184 e. The molecule has 2 aromatic rings. The van der Waals surface area contributed by atoms with Crippen molar-refractivity contribution in [1.29, 1.82) is 0 Å². The normalized spacial score (nSPS) is 11.6. The average Bonchev–Trinajstić information content (AvgIpc) is 2.30. The molecule has 0 heterocycles. The lowest BCUT2D eigenvalue weighted by Gasteiger charge is -2.08. The highest BCUT2D eigenvalue weighted by atomic mass is 79.9. The van der Waals surface area contributed by atoms with Crippen LogP contribution in [0.3, 0.4) is 0 Å². The summed E-state index contributed by atoms with van der Waals surface area (Å²) >= 11 is 8.91. The van der Waals surface area contributed by atoms with Gasteiger partial charge in [-0.1, -0.05) is 27.5 Å². The van der Waals surface area contributed by atoms with Crippen LogP contribution in [-0.4, -0.2) is 8.42 Å². The number of anilines is 1. The zero-order valence-corrected chi connectivity index (χ0v) is 13.3. The second-order valence-electron chi connectivity index (χ2n) is 4.22. The van der Waals surface area contributed by atoms with Crippen molar-refractivity contribution in [3.05, 3.63) is 57.3 Å². The molecule has 2 N–H and O–H groups in total. The highest BCUT2D eigenvalue weighted by Gasteiger charge is 2.19. The molecular weight excluding hydrogens is 369 g/mol. The molecular formula is C13H10BrClFNO2S. The van der Waals surface area contributed by atoms with Crippen LogP contribution in [0, 0.1) is 5.82 Å². The summed E-state index contributed by atoms with van der Waals surface area (Å²) in [5.74, 6) is -0.864. The van der Waals surface area contributed by atoms with Gasteiger partial charge in [-0.05, 0) is 42.0 Å². The van der Waals surface area contributed by atoms with Crippen LogP contribution in [0.4, 0.5) is 10.1 Å². The first-order valence-electron chi connectivity index (χ1n) is 5.51. The van der Waals surface area contributed by atoms with Gasteiger partial charge in [0.2, 0.25) is 0 Å². The van der Waals surface area contributed by atoms with Gasteiger partial charge in [0.05, 0.1) is 16.3 Å². The summed E-state index contributed by atoms with van der Waals surface area (Å²) in [6, 6.07) is 8.19. The van der Waals surface area contributed by atoms with Crippen molar-refractivity contribution in [3.8, 4) is 0 Å². The minimum atomic E-state index is -3.70. The monoisotopic (exact) mass is 377 g/mol. The fraction of sp³-hybridized carbons (Fsp3) is 0.0769. The van der Waals surface area contributed by atoms with E-state index in [-0.39, 0.29) is 21.4 Å². The molecule has 0 aliphatic heterocycles. The van der Waals surface area contributed by atoms with Gasteiger partial charge in [-0.3, -0.25) is 0 Å². The van der Waals surface area contributed by atoms with Gasteiger partial charge >= 0.3 is 0 Å². The lowest BCUT2D eigenvalue weighted by Crippen LogP contribution is -2.08. The van der Waals surface area contributed by atoms with E-state index in [4.69, 9.17) is 17.3 Å².